The number of nitrogens with zero attached hydrogens (tertiary/aromatic N) is 1. The minimum atomic E-state index is -0.186. The standard InChI is InChI=1S/C15H25FN2/c1-5-8-18(11(2)3)15(10-17)14-9-13(16)7-6-12(14)4/h6-7,9,11,15H,5,8,10,17H2,1-4H3. The average molecular weight is 252 g/mol. The molecule has 0 spiro atoms. The maximum absolute atomic E-state index is 13.4. The summed E-state index contributed by atoms with van der Waals surface area (Å²) in [7, 11) is 0. The molecule has 18 heavy (non-hydrogen) atoms. The molecule has 0 amide bonds. The Morgan fingerprint density at radius 1 is 1.33 bits per heavy atom. The quantitative estimate of drug-likeness (QED) is 0.842. The molecule has 3 heteroatoms. The molecule has 0 bridgehead atoms. The van der Waals surface area contributed by atoms with Crippen LogP contribution in [0.3, 0.4) is 0 Å². The van der Waals surface area contributed by atoms with Crippen LogP contribution in [0.15, 0.2) is 18.2 Å². The van der Waals surface area contributed by atoms with Crippen LogP contribution in [0, 0.1) is 12.7 Å². The van der Waals surface area contributed by atoms with Crippen LogP contribution in [0.25, 0.3) is 0 Å². The molecule has 0 radical (unpaired) electrons. The maximum Gasteiger partial charge on any atom is 0.123 e. The van der Waals surface area contributed by atoms with E-state index in [1.807, 2.05) is 13.0 Å². The fourth-order valence-electron chi connectivity index (χ4n) is 2.44. The van der Waals surface area contributed by atoms with Crippen molar-refractivity contribution in [2.45, 2.75) is 46.2 Å². The molecule has 1 aromatic carbocycles. The van der Waals surface area contributed by atoms with Gasteiger partial charge in [-0.1, -0.05) is 13.0 Å². The third kappa shape index (κ3) is 3.53. The van der Waals surface area contributed by atoms with Crippen LogP contribution in [0.2, 0.25) is 0 Å². The van der Waals surface area contributed by atoms with Crippen LogP contribution in [-0.4, -0.2) is 24.0 Å². The SMILES string of the molecule is CCCN(C(C)C)C(CN)c1cc(F)ccc1C. The van der Waals surface area contributed by atoms with Gasteiger partial charge in [0, 0.05) is 18.6 Å². The summed E-state index contributed by atoms with van der Waals surface area (Å²) < 4.78 is 13.4. The van der Waals surface area contributed by atoms with Gasteiger partial charge in [0.2, 0.25) is 0 Å². The van der Waals surface area contributed by atoms with Gasteiger partial charge in [0.25, 0.3) is 0 Å². The average Bonchev–Trinajstić information content (AvgIpc) is 2.33. The molecule has 2 nitrogen and oxygen atoms in total. The molecular formula is C15H25FN2. The molecule has 0 saturated heterocycles. The van der Waals surface area contributed by atoms with Crippen molar-refractivity contribution in [2.24, 2.45) is 5.73 Å². The van der Waals surface area contributed by atoms with Crippen molar-refractivity contribution in [1.29, 1.82) is 0 Å². The van der Waals surface area contributed by atoms with Crippen molar-refractivity contribution in [2.75, 3.05) is 13.1 Å². The molecule has 0 saturated carbocycles. The fraction of sp³-hybridized carbons (Fsp3) is 0.600. The maximum atomic E-state index is 13.4. The topological polar surface area (TPSA) is 29.3 Å². The van der Waals surface area contributed by atoms with E-state index in [1.165, 1.54) is 6.07 Å². The Balaban J connectivity index is 3.10. The van der Waals surface area contributed by atoms with Crippen molar-refractivity contribution in [1.82, 2.24) is 4.90 Å². The Labute approximate surface area is 110 Å². The van der Waals surface area contributed by atoms with E-state index in [1.54, 1.807) is 6.07 Å². The van der Waals surface area contributed by atoms with Gasteiger partial charge in [-0.2, -0.15) is 0 Å². The molecular weight excluding hydrogens is 227 g/mol. The largest absolute Gasteiger partial charge is 0.329 e. The van der Waals surface area contributed by atoms with Gasteiger partial charge in [-0.05, 0) is 57.0 Å². The minimum Gasteiger partial charge on any atom is -0.329 e. The number of aryl methyl sites for hydroxylation is 1. The second-order valence-corrected chi connectivity index (χ2v) is 5.08. The summed E-state index contributed by atoms with van der Waals surface area (Å²) in [5.74, 6) is -0.186. The van der Waals surface area contributed by atoms with E-state index in [-0.39, 0.29) is 11.9 Å². The van der Waals surface area contributed by atoms with Gasteiger partial charge in [0.05, 0.1) is 0 Å². The van der Waals surface area contributed by atoms with E-state index in [4.69, 9.17) is 5.73 Å². The second-order valence-electron chi connectivity index (χ2n) is 5.08. The number of hydrogen-bond acceptors (Lipinski definition) is 2. The van der Waals surface area contributed by atoms with E-state index < -0.39 is 0 Å². The number of nitrogens with two attached hydrogens (primary N) is 1. The zero-order valence-electron chi connectivity index (χ0n) is 11.9. The van der Waals surface area contributed by atoms with Gasteiger partial charge in [-0.3, -0.25) is 4.90 Å². The Morgan fingerprint density at radius 3 is 2.50 bits per heavy atom. The van der Waals surface area contributed by atoms with E-state index >= 15 is 0 Å². The van der Waals surface area contributed by atoms with Gasteiger partial charge in [0.1, 0.15) is 5.82 Å². The second kappa shape index (κ2) is 6.86. The smallest absolute Gasteiger partial charge is 0.123 e. The zero-order chi connectivity index (χ0) is 13.7. The van der Waals surface area contributed by atoms with Crippen LogP contribution in [0.4, 0.5) is 4.39 Å². The van der Waals surface area contributed by atoms with Crippen LogP contribution < -0.4 is 5.73 Å². The molecule has 2 N–H and O–H groups in total. The van der Waals surface area contributed by atoms with E-state index in [2.05, 4.69) is 25.7 Å². The Bertz CT molecular complexity index is 377. The molecule has 0 aliphatic carbocycles. The number of hydrogen-bond donors (Lipinski definition) is 1. The Kier molecular flexibility index (Phi) is 5.76. The van der Waals surface area contributed by atoms with Crippen molar-refractivity contribution >= 4 is 0 Å². The lowest BCUT2D eigenvalue weighted by Gasteiger charge is -2.35. The summed E-state index contributed by atoms with van der Waals surface area (Å²) >= 11 is 0. The first-order chi connectivity index (χ1) is 8.51. The van der Waals surface area contributed by atoms with Gasteiger partial charge in [0.15, 0.2) is 0 Å². The third-order valence-corrected chi connectivity index (χ3v) is 3.37. The highest BCUT2D eigenvalue weighted by molar-refractivity contribution is 5.30. The first-order valence-electron chi connectivity index (χ1n) is 6.73. The van der Waals surface area contributed by atoms with Gasteiger partial charge >= 0.3 is 0 Å². The van der Waals surface area contributed by atoms with E-state index in [0.717, 1.165) is 24.1 Å². The molecule has 1 atom stereocenters. The molecule has 1 rings (SSSR count). The molecule has 0 aromatic heterocycles. The van der Waals surface area contributed by atoms with Crippen LogP contribution in [0.5, 0.6) is 0 Å². The lowest BCUT2D eigenvalue weighted by molar-refractivity contribution is 0.156. The summed E-state index contributed by atoms with van der Waals surface area (Å²) in [6, 6.07) is 5.46. The molecule has 0 fully saturated rings. The summed E-state index contributed by atoms with van der Waals surface area (Å²) in [4.78, 5) is 2.35. The van der Waals surface area contributed by atoms with Crippen LogP contribution in [-0.2, 0) is 0 Å². The lowest BCUT2D eigenvalue weighted by atomic mass is 9.98. The highest BCUT2D eigenvalue weighted by atomic mass is 19.1. The Morgan fingerprint density at radius 2 is 2.00 bits per heavy atom. The molecule has 0 heterocycles. The number of rotatable bonds is 6. The number of halogens is 1. The van der Waals surface area contributed by atoms with Crippen molar-refractivity contribution in [3.05, 3.63) is 35.1 Å². The summed E-state index contributed by atoms with van der Waals surface area (Å²) in [5, 5.41) is 0. The minimum absolute atomic E-state index is 0.0978. The molecule has 0 aliphatic rings. The monoisotopic (exact) mass is 252 g/mol. The zero-order valence-corrected chi connectivity index (χ0v) is 11.9. The molecule has 102 valence electrons. The molecule has 0 aliphatic heterocycles. The normalized spacial score (nSPS) is 13.3. The highest BCUT2D eigenvalue weighted by Gasteiger charge is 2.22. The van der Waals surface area contributed by atoms with Crippen molar-refractivity contribution < 1.29 is 4.39 Å². The van der Waals surface area contributed by atoms with E-state index in [0.29, 0.717) is 12.6 Å². The predicted molar refractivity (Wildman–Crippen MR) is 75.1 cm³/mol. The summed E-state index contributed by atoms with van der Waals surface area (Å²) in [5.41, 5.74) is 8.05. The predicted octanol–water partition coefficient (Wildman–Crippen LogP) is 3.25. The van der Waals surface area contributed by atoms with Crippen LogP contribution in [0.1, 0.15) is 44.4 Å². The Hall–Kier alpha value is -0.930. The first kappa shape index (κ1) is 15.1. The summed E-state index contributed by atoms with van der Waals surface area (Å²) in [6.45, 7) is 9.99. The van der Waals surface area contributed by atoms with Gasteiger partial charge < -0.3 is 5.73 Å². The molecule has 1 aromatic rings. The van der Waals surface area contributed by atoms with Crippen molar-refractivity contribution in [3.63, 3.8) is 0 Å². The fourth-order valence-corrected chi connectivity index (χ4v) is 2.44. The van der Waals surface area contributed by atoms with E-state index in [9.17, 15) is 4.39 Å². The lowest BCUT2D eigenvalue weighted by Crippen LogP contribution is -2.39. The molecule has 1 unspecified atom stereocenters. The first-order valence-corrected chi connectivity index (χ1v) is 6.73. The van der Waals surface area contributed by atoms with Crippen molar-refractivity contribution in [3.8, 4) is 0 Å². The summed E-state index contributed by atoms with van der Waals surface area (Å²) in [6.07, 6.45) is 1.07. The van der Waals surface area contributed by atoms with Gasteiger partial charge in [-0.25, -0.2) is 4.39 Å². The van der Waals surface area contributed by atoms with Crippen LogP contribution >= 0.6 is 0 Å². The number of benzene rings is 1. The van der Waals surface area contributed by atoms with Gasteiger partial charge in [-0.15, -0.1) is 0 Å². The highest BCUT2D eigenvalue weighted by Crippen LogP contribution is 2.26. The third-order valence-electron chi connectivity index (χ3n) is 3.37.